The largest absolute Gasteiger partial charge is 0.396 e. The SMILES string of the molecule is Cc1ccc(S(=NC(=O)C(C)(C)C)OCCCO)cc1. The predicted octanol–water partition coefficient (Wildman–Crippen LogP) is 3.04. The Hall–Kier alpha value is -1.04. The van der Waals surface area contributed by atoms with Crippen LogP contribution in [0.4, 0.5) is 0 Å². The molecule has 0 fully saturated rings. The molecule has 0 saturated heterocycles. The molecule has 1 atom stereocenters. The molecule has 5 heteroatoms. The molecule has 1 aromatic rings. The van der Waals surface area contributed by atoms with E-state index < -0.39 is 16.4 Å². The molecule has 1 N–H and O–H groups in total. The zero-order valence-electron chi connectivity index (χ0n) is 12.5. The van der Waals surface area contributed by atoms with Crippen LogP contribution in [0.15, 0.2) is 33.5 Å². The highest BCUT2D eigenvalue weighted by Crippen LogP contribution is 2.19. The number of nitrogens with zero attached hydrogens (tertiary/aromatic N) is 1. The Morgan fingerprint density at radius 1 is 1.30 bits per heavy atom. The predicted molar refractivity (Wildman–Crippen MR) is 81.4 cm³/mol. The quantitative estimate of drug-likeness (QED) is 0.850. The van der Waals surface area contributed by atoms with Crippen LogP contribution in [0.1, 0.15) is 32.8 Å². The maximum atomic E-state index is 12.1. The first kappa shape index (κ1) is 17.0. The second-order valence-electron chi connectivity index (χ2n) is 5.61. The van der Waals surface area contributed by atoms with Crippen molar-refractivity contribution in [1.82, 2.24) is 0 Å². The van der Waals surface area contributed by atoms with Crippen LogP contribution in [0.2, 0.25) is 0 Å². The van der Waals surface area contributed by atoms with Gasteiger partial charge in [0.25, 0.3) is 5.91 Å². The zero-order valence-corrected chi connectivity index (χ0v) is 13.4. The minimum atomic E-state index is -0.910. The Labute approximate surface area is 123 Å². The summed E-state index contributed by atoms with van der Waals surface area (Å²) in [6.07, 6.45) is 0.536. The van der Waals surface area contributed by atoms with Crippen molar-refractivity contribution in [2.75, 3.05) is 13.2 Å². The van der Waals surface area contributed by atoms with Gasteiger partial charge in [-0.1, -0.05) is 38.5 Å². The van der Waals surface area contributed by atoms with Crippen LogP contribution < -0.4 is 0 Å². The summed E-state index contributed by atoms with van der Waals surface area (Å²) in [5, 5.41) is 8.82. The Kier molecular flexibility index (Phi) is 6.52. The Morgan fingerprint density at radius 2 is 1.90 bits per heavy atom. The van der Waals surface area contributed by atoms with Crippen molar-refractivity contribution in [1.29, 1.82) is 0 Å². The van der Waals surface area contributed by atoms with Crippen molar-refractivity contribution in [2.45, 2.75) is 39.0 Å². The first-order chi connectivity index (χ1) is 9.34. The molecule has 1 unspecified atom stereocenters. The molecule has 0 aliphatic heterocycles. The average molecular weight is 297 g/mol. The summed E-state index contributed by atoms with van der Waals surface area (Å²) in [6, 6.07) is 7.80. The van der Waals surface area contributed by atoms with E-state index in [1.807, 2.05) is 52.0 Å². The smallest absolute Gasteiger partial charge is 0.259 e. The fourth-order valence-electron chi connectivity index (χ4n) is 1.22. The lowest BCUT2D eigenvalue weighted by Crippen LogP contribution is -2.19. The molecule has 0 aliphatic carbocycles. The number of hydrogen-bond donors (Lipinski definition) is 1. The summed E-state index contributed by atoms with van der Waals surface area (Å²) in [5.74, 6) is -0.176. The number of carbonyl (C=O) groups is 1. The third-order valence-electron chi connectivity index (χ3n) is 2.53. The van der Waals surface area contributed by atoms with Crippen molar-refractivity contribution in [3.05, 3.63) is 29.8 Å². The van der Waals surface area contributed by atoms with E-state index in [0.29, 0.717) is 13.0 Å². The van der Waals surface area contributed by atoms with Crippen LogP contribution in [-0.4, -0.2) is 24.2 Å². The number of aliphatic hydroxyl groups excluding tert-OH is 1. The van der Waals surface area contributed by atoms with E-state index in [1.165, 1.54) is 0 Å². The lowest BCUT2D eigenvalue weighted by molar-refractivity contribution is -0.124. The number of aliphatic hydroxyl groups is 1. The number of benzene rings is 1. The molecular weight excluding hydrogens is 274 g/mol. The molecule has 1 rings (SSSR count). The molecule has 112 valence electrons. The average Bonchev–Trinajstić information content (AvgIpc) is 2.37. The lowest BCUT2D eigenvalue weighted by atomic mass is 9.96. The summed E-state index contributed by atoms with van der Waals surface area (Å²) in [7, 11) is -0.910. The van der Waals surface area contributed by atoms with Gasteiger partial charge in [-0.25, -0.2) is 0 Å². The third kappa shape index (κ3) is 5.53. The molecule has 4 nitrogen and oxygen atoms in total. The molecule has 1 amide bonds. The molecule has 0 bridgehead atoms. The van der Waals surface area contributed by atoms with Gasteiger partial charge in [0, 0.05) is 16.9 Å². The number of aryl methyl sites for hydroxylation is 1. The second kappa shape index (κ2) is 7.67. The molecule has 0 heterocycles. The van der Waals surface area contributed by atoms with Gasteiger partial charge in [0.2, 0.25) is 0 Å². The minimum Gasteiger partial charge on any atom is -0.396 e. The van der Waals surface area contributed by atoms with Gasteiger partial charge in [0.1, 0.15) is 0 Å². The monoisotopic (exact) mass is 297 g/mol. The maximum absolute atomic E-state index is 12.1. The fraction of sp³-hybridized carbons (Fsp3) is 0.533. The Balaban J connectivity index is 2.98. The molecule has 0 saturated carbocycles. The van der Waals surface area contributed by atoms with E-state index in [-0.39, 0.29) is 12.5 Å². The number of carbonyl (C=O) groups excluding carboxylic acids is 1. The highest BCUT2D eigenvalue weighted by molar-refractivity contribution is 7.83. The van der Waals surface area contributed by atoms with Gasteiger partial charge in [-0.05, 0) is 25.5 Å². The molecule has 0 aromatic heterocycles. The van der Waals surface area contributed by atoms with E-state index in [0.717, 1.165) is 10.5 Å². The first-order valence-electron chi connectivity index (χ1n) is 6.66. The number of rotatable bonds is 5. The van der Waals surface area contributed by atoms with E-state index in [2.05, 4.69) is 4.36 Å². The normalized spacial score (nSPS) is 13.4. The van der Waals surface area contributed by atoms with Gasteiger partial charge in [-0.3, -0.25) is 4.79 Å². The van der Waals surface area contributed by atoms with Crippen molar-refractivity contribution in [2.24, 2.45) is 9.78 Å². The number of hydrogen-bond acceptors (Lipinski definition) is 3. The van der Waals surface area contributed by atoms with Gasteiger partial charge in [0.15, 0.2) is 0 Å². The highest BCUT2D eigenvalue weighted by Gasteiger charge is 2.22. The summed E-state index contributed by atoms with van der Waals surface area (Å²) in [4.78, 5) is 12.9. The van der Waals surface area contributed by atoms with Crippen LogP contribution >= 0.6 is 0 Å². The van der Waals surface area contributed by atoms with Crippen LogP contribution in [0.25, 0.3) is 0 Å². The van der Waals surface area contributed by atoms with Crippen LogP contribution in [0, 0.1) is 12.3 Å². The lowest BCUT2D eigenvalue weighted by Gasteiger charge is -2.15. The first-order valence-corrected chi connectivity index (χ1v) is 7.76. The van der Waals surface area contributed by atoms with Crippen LogP contribution in [0.5, 0.6) is 0 Å². The van der Waals surface area contributed by atoms with Gasteiger partial charge >= 0.3 is 0 Å². The summed E-state index contributed by atoms with van der Waals surface area (Å²) in [6.45, 7) is 7.97. The van der Waals surface area contributed by atoms with E-state index >= 15 is 0 Å². The van der Waals surface area contributed by atoms with Crippen molar-refractivity contribution in [3.8, 4) is 0 Å². The second-order valence-corrected chi connectivity index (χ2v) is 7.00. The summed E-state index contributed by atoms with van der Waals surface area (Å²) < 4.78 is 9.86. The Morgan fingerprint density at radius 3 is 2.40 bits per heavy atom. The maximum Gasteiger partial charge on any atom is 0.259 e. The van der Waals surface area contributed by atoms with E-state index in [1.54, 1.807) is 0 Å². The van der Waals surface area contributed by atoms with Crippen LogP contribution in [0.3, 0.4) is 0 Å². The summed E-state index contributed by atoms with van der Waals surface area (Å²) >= 11 is 0. The van der Waals surface area contributed by atoms with Crippen molar-refractivity contribution in [3.63, 3.8) is 0 Å². The van der Waals surface area contributed by atoms with Gasteiger partial charge in [-0.15, -0.1) is 0 Å². The van der Waals surface area contributed by atoms with E-state index in [4.69, 9.17) is 9.29 Å². The Bertz CT molecular complexity index is 475. The molecule has 0 radical (unpaired) electrons. The van der Waals surface area contributed by atoms with Gasteiger partial charge in [-0.2, -0.15) is 4.36 Å². The topological polar surface area (TPSA) is 58.9 Å². The van der Waals surface area contributed by atoms with Gasteiger partial charge < -0.3 is 9.29 Å². The fourth-order valence-corrected chi connectivity index (χ4v) is 2.58. The molecular formula is C15H23NO3S. The molecule has 20 heavy (non-hydrogen) atoms. The molecule has 1 aromatic carbocycles. The van der Waals surface area contributed by atoms with Crippen molar-refractivity contribution >= 4 is 16.9 Å². The molecule has 0 spiro atoms. The highest BCUT2D eigenvalue weighted by atomic mass is 32.2. The van der Waals surface area contributed by atoms with Gasteiger partial charge in [0.05, 0.1) is 17.6 Å². The van der Waals surface area contributed by atoms with E-state index in [9.17, 15) is 4.79 Å². The number of amides is 1. The third-order valence-corrected chi connectivity index (χ3v) is 3.92. The minimum absolute atomic E-state index is 0.0678. The summed E-state index contributed by atoms with van der Waals surface area (Å²) in [5.41, 5.74) is 0.630. The van der Waals surface area contributed by atoms with Crippen molar-refractivity contribution < 1.29 is 14.1 Å². The van der Waals surface area contributed by atoms with Crippen LogP contribution in [-0.2, 0) is 19.9 Å². The standard InChI is InChI=1S/C15H23NO3S/c1-12-6-8-13(9-7-12)20(19-11-5-10-17)16-14(18)15(2,3)4/h6-9,17H,5,10-11H2,1-4H3. The molecule has 0 aliphatic rings. The zero-order chi connectivity index (χ0) is 15.2.